The summed E-state index contributed by atoms with van der Waals surface area (Å²) >= 11 is 0. The van der Waals surface area contributed by atoms with Crippen LogP contribution in [0.2, 0.25) is 0 Å². The molecule has 4 heteroatoms. The van der Waals surface area contributed by atoms with Gasteiger partial charge in [0.1, 0.15) is 11.5 Å². The van der Waals surface area contributed by atoms with Crippen molar-refractivity contribution < 1.29 is 9.47 Å². The summed E-state index contributed by atoms with van der Waals surface area (Å²) in [6.45, 7) is 0. The van der Waals surface area contributed by atoms with E-state index in [4.69, 9.17) is 20.2 Å². The first-order chi connectivity index (χ1) is 5.81. The van der Waals surface area contributed by atoms with Gasteiger partial charge in [0.05, 0.1) is 19.1 Å². The monoisotopic (exact) mass is 204 g/mol. The van der Waals surface area contributed by atoms with Crippen molar-refractivity contribution in [3.05, 3.63) is 18.2 Å². The minimum atomic E-state index is 0.760. The first kappa shape index (κ1) is 9.55. The summed E-state index contributed by atoms with van der Waals surface area (Å²) < 4.78 is 10.1. The lowest BCUT2D eigenvalue weighted by molar-refractivity contribution is 0.394. The van der Waals surface area contributed by atoms with E-state index in [-0.39, 0.29) is 0 Å². The Morgan fingerprint density at radius 2 is 2.00 bits per heavy atom. The fraction of sp³-hybridized carbons (Fsp3) is 0.250. The van der Waals surface area contributed by atoms with E-state index >= 15 is 0 Å². The van der Waals surface area contributed by atoms with E-state index in [0.29, 0.717) is 0 Å². The molecule has 1 rings (SSSR count). The van der Waals surface area contributed by atoms with E-state index < -0.39 is 0 Å². The molecule has 0 amide bonds. The number of ether oxygens (including phenoxy) is 2. The number of hydrogen-bond acceptors (Lipinski definition) is 3. The van der Waals surface area contributed by atoms with Gasteiger partial charge in [0.25, 0.3) is 0 Å². The van der Waals surface area contributed by atoms with Crippen LogP contribution in [-0.4, -0.2) is 14.2 Å². The van der Waals surface area contributed by atoms with Crippen molar-refractivity contribution in [1.29, 1.82) is 0 Å². The van der Waals surface area contributed by atoms with Crippen LogP contribution in [0.25, 0.3) is 0 Å². The Morgan fingerprint density at radius 1 is 1.25 bits per heavy atom. The van der Waals surface area contributed by atoms with Crippen LogP contribution in [0.1, 0.15) is 0 Å². The van der Waals surface area contributed by atoms with Gasteiger partial charge in [-0.25, -0.2) is 0 Å². The van der Waals surface area contributed by atoms with Crippen LogP contribution in [0, 0.1) is 0 Å². The lowest BCUT2D eigenvalue weighted by Crippen LogP contribution is -1.87. The third-order valence-electron chi connectivity index (χ3n) is 1.45. The summed E-state index contributed by atoms with van der Waals surface area (Å²) in [4.78, 5) is 0.860. The topological polar surface area (TPSA) is 18.5 Å². The molecule has 0 saturated carbocycles. The highest BCUT2D eigenvalue weighted by Gasteiger charge is 2.03. The first-order valence-electron chi connectivity index (χ1n) is 3.32. The number of halogens is 1. The molecule has 0 heterocycles. The zero-order chi connectivity index (χ0) is 8.97. The maximum atomic E-state index is 5.62. The Bertz CT molecular complexity index is 265. The largest absolute Gasteiger partial charge is 0.497 e. The summed E-state index contributed by atoms with van der Waals surface area (Å²) in [7, 11) is 9.96. The van der Waals surface area contributed by atoms with Crippen LogP contribution in [0.15, 0.2) is 23.1 Å². The maximum absolute atomic E-state index is 5.62. The van der Waals surface area contributed by atoms with Crippen molar-refractivity contribution in [2.75, 3.05) is 14.2 Å². The summed E-state index contributed by atoms with van der Waals surface area (Å²) in [6.07, 6.45) is 0. The van der Waals surface area contributed by atoms with Crippen LogP contribution in [-0.2, 0) is 0 Å². The second-order valence-electron chi connectivity index (χ2n) is 2.09. The molecule has 0 aliphatic carbocycles. The molecule has 1 aromatic rings. The quantitative estimate of drug-likeness (QED) is 0.754. The highest BCUT2D eigenvalue weighted by Crippen LogP contribution is 2.34. The Labute approximate surface area is 80.3 Å². The Kier molecular flexibility index (Phi) is 3.56. The van der Waals surface area contributed by atoms with Gasteiger partial charge in [-0.2, -0.15) is 0 Å². The molecule has 2 nitrogen and oxygen atoms in total. The van der Waals surface area contributed by atoms with Crippen molar-refractivity contribution in [3.8, 4) is 11.5 Å². The summed E-state index contributed by atoms with van der Waals surface area (Å²) in [6, 6.07) is 5.48. The number of methoxy groups -OCH3 is 2. The minimum absolute atomic E-state index is 0.760. The van der Waals surface area contributed by atoms with Crippen molar-refractivity contribution in [3.63, 3.8) is 0 Å². The van der Waals surface area contributed by atoms with Crippen LogP contribution in [0.3, 0.4) is 0 Å². The zero-order valence-corrected chi connectivity index (χ0v) is 8.41. The molecule has 0 radical (unpaired) electrons. The third kappa shape index (κ3) is 1.99. The van der Waals surface area contributed by atoms with Gasteiger partial charge in [-0.15, -0.1) is 0 Å². The SMILES string of the molecule is COc1ccc(OC)c(SCl)c1. The van der Waals surface area contributed by atoms with Gasteiger partial charge >= 0.3 is 0 Å². The fourth-order valence-electron chi connectivity index (χ4n) is 0.844. The Morgan fingerprint density at radius 3 is 2.50 bits per heavy atom. The molecule has 0 saturated heterocycles. The van der Waals surface area contributed by atoms with E-state index in [2.05, 4.69) is 0 Å². The van der Waals surface area contributed by atoms with Crippen molar-refractivity contribution in [2.45, 2.75) is 4.90 Å². The van der Waals surface area contributed by atoms with Crippen LogP contribution >= 0.6 is 21.7 Å². The van der Waals surface area contributed by atoms with E-state index in [1.54, 1.807) is 14.2 Å². The maximum Gasteiger partial charge on any atom is 0.133 e. The molecule has 0 unspecified atom stereocenters. The van der Waals surface area contributed by atoms with Gasteiger partial charge in [0.2, 0.25) is 0 Å². The van der Waals surface area contributed by atoms with E-state index in [0.717, 1.165) is 27.4 Å². The molecule has 0 aliphatic heterocycles. The minimum Gasteiger partial charge on any atom is -0.497 e. The van der Waals surface area contributed by atoms with Gasteiger partial charge in [0, 0.05) is 0 Å². The van der Waals surface area contributed by atoms with Gasteiger partial charge < -0.3 is 9.47 Å². The summed E-state index contributed by atoms with van der Waals surface area (Å²) in [5.74, 6) is 1.54. The lowest BCUT2D eigenvalue weighted by Gasteiger charge is -2.06. The molecular formula is C8H9ClO2S. The molecule has 0 bridgehead atoms. The predicted molar refractivity (Wildman–Crippen MR) is 51.3 cm³/mol. The standard InChI is InChI=1S/C8H9ClO2S/c1-10-6-3-4-7(11-2)8(5-6)12-9/h3-5H,1-2H3. The molecule has 0 aliphatic rings. The average molecular weight is 205 g/mol. The van der Waals surface area contributed by atoms with E-state index in [1.165, 1.54) is 0 Å². The van der Waals surface area contributed by atoms with Crippen LogP contribution in [0.4, 0.5) is 0 Å². The van der Waals surface area contributed by atoms with Crippen molar-refractivity contribution in [1.82, 2.24) is 0 Å². The average Bonchev–Trinajstić information content (AvgIpc) is 2.16. The summed E-state index contributed by atoms with van der Waals surface area (Å²) in [5.41, 5.74) is 0. The third-order valence-corrected chi connectivity index (χ3v) is 2.44. The normalized spacial score (nSPS) is 9.58. The van der Waals surface area contributed by atoms with E-state index in [9.17, 15) is 0 Å². The van der Waals surface area contributed by atoms with Crippen molar-refractivity contribution in [2.24, 2.45) is 0 Å². The summed E-state index contributed by atoms with van der Waals surface area (Å²) in [5, 5.41) is 0. The highest BCUT2D eigenvalue weighted by molar-refractivity contribution is 8.21. The molecule has 0 fully saturated rings. The smallest absolute Gasteiger partial charge is 0.133 e. The number of benzene rings is 1. The number of rotatable bonds is 3. The molecule has 12 heavy (non-hydrogen) atoms. The van der Waals surface area contributed by atoms with Gasteiger partial charge in [-0.05, 0) is 39.9 Å². The zero-order valence-electron chi connectivity index (χ0n) is 6.83. The van der Waals surface area contributed by atoms with E-state index in [1.807, 2.05) is 18.2 Å². The predicted octanol–water partition coefficient (Wildman–Crippen LogP) is 2.95. The fourth-order valence-corrected chi connectivity index (χ4v) is 1.59. The molecular weight excluding hydrogens is 196 g/mol. The Hall–Kier alpha value is -0.540. The number of hydrogen-bond donors (Lipinski definition) is 0. The Balaban J connectivity index is 3.02. The molecule has 0 spiro atoms. The second kappa shape index (κ2) is 4.48. The highest BCUT2D eigenvalue weighted by atomic mass is 35.7. The lowest BCUT2D eigenvalue weighted by atomic mass is 10.3. The first-order valence-corrected chi connectivity index (χ1v) is 4.96. The van der Waals surface area contributed by atoms with Crippen LogP contribution < -0.4 is 9.47 Å². The van der Waals surface area contributed by atoms with Crippen LogP contribution in [0.5, 0.6) is 11.5 Å². The molecule has 0 atom stereocenters. The molecule has 66 valence electrons. The second-order valence-corrected chi connectivity index (χ2v) is 3.15. The van der Waals surface area contributed by atoms with Gasteiger partial charge in [-0.1, -0.05) is 0 Å². The van der Waals surface area contributed by atoms with Gasteiger partial charge in [0.15, 0.2) is 0 Å². The van der Waals surface area contributed by atoms with Crippen molar-refractivity contribution >= 4 is 21.7 Å². The molecule has 1 aromatic carbocycles. The van der Waals surface area contributed by atoms with Gasteiger partial charge in [-0.3, -0.25) is 0 Å². The molecule has 0 N–H and O–H groups in total. The molecule has 0 aromatic heterocycles.